The average molecular weight is 400 g/mol. The van der Waals surface area contributed by atoms with Crippen LogP contribution in [0, 0.1) is 0 Å². The first kappa shape index (κ1) is 20.6. The molecule has 3 amide bonds. The Labute approximate surface area is 158 Å². The number of urea groups is 1. The standard InChI is InChI=1S/C18H17ClF3N3O2/c19-14-5-1-13(2-6-14)10-23-17(27)25-15-7-3-12(4-8-15)9-16(26)24-11-18(20,21)22/h1-8H,9-11H2,(H,24,26)(H2,23,25,27). The predicted octanol–water partition coefficient (Wildman–Crippen LogP) is 3.88. The quantitative estimate of drug-likeness (QED) is 0.689. The SMILES string of the molecule is O=C(Cc1ccc(NC(=O)NCc2ccc(Cl)cc2)cc1)NCC(F)(F)F. The Bertz CT molecular complexity index is 778. The third-order valence-electron chi connectivity index (χ3n) is 3.43. The van der Waals surface area contributed by atoms with E-state index >= 15 is 0 Å². The molecule has 0 bridgehead atoms. The second-order valence-electron chi connectivity index (χ2n) is 5.70. The Balaban J connectivity index is 1.78. The zero-order chi connectivity index (χ0) is 19.9. The fourth-order valence-electron chi connectivity index (χ4n) is 2.11. The molecule has 0 atom stereocenters. The minimum Gasteiger partial charge on any atom is -0.347 e. The van der Waals surface area contributed by atoms with Crippen LogP contribution in [0.1, 0.15) is 11.1 Å². The maximum absolute atomic E-state index is 12.1. The van der Waals surface area contributed by atoms with E-state index in [1.54, 1.807) is 53.8 Å². The van der Waals surface area contributed by atoms with E-state index in [4.69, 9.17) is 11.6 Å². The van der Waals surface area contributed by atoms with E-state index in [9.17, 15) is 22.8 Å². The van der Waals surface area contributed by atoms with Crippen molar-refractivity contribution < 1.29 is 22.8 Å². The van der Waals surface area contributed by atoms with Gasteiger partial charge in [-0.05, 0) is 35.4 Å². The fraction of sp³-hybridized carbons (Fsp3) is 0.222. The lowest BCUT2D eigenvalue weighted by Crippen LogP contribution is -2.34. The Morgan fingerprint density at radius 1 is 0.889 bits per heavy atom. The lowest BCUT2D eigenvalue weighted by Gasteiger charge is -2.10. The third kappa shape index (κ3) is 8.00. The van der Waals surface area contributed by atoms with Gasteiger partial charge in [-0.1, -0.05) is 35.9 Å². The lowest BCUT2D eigenvalue weighted by atomic mass is 10.1. The van der Waals surface area contributed by atoms with Gasteiger partial charge in [-0.25, -0.2) is 4.79 Å². The van der Waals surface area contributed by atoms with Gasteiger partial charge in [0.25, 0.3) is 0 Å². The van der Waals surface area contributed by atoms with E-state index in [2.05, 4.69) is 10.6 Å². The number of hydrogen-bond acceptors (Lipinski definition) is 2. The van der Waals surface area contributed by atoms with Gasteiger partial charge in [0.15, 0.2) is 0 Å². The molecule has 144 valence electrons. The third-order valence-corrected chi connectivity index (χ3v) is 3.68. The zero-order valence-corrected chi connectivity index (χ0v) is 14.8. The number of anilines is 1. The summed E-state index contributed by atoms with van der Waals surface area (Å²) in [6.45, 7) is -1.04. The second kappa shape index (κ2) is 9.27. The van der Waals surface area contributed by atoms with Crippen LogP contribution >= 0.6 is 11.6 Å². The number of benzene rings is 2. The van der Waals surface area contributed by atoms with Crippen molar-refractivity contribution in [2.75, 3.05) is 11.9 Å². The number of carbonyl (C=O) groups is 2. The summed E-state index contributed by atoms with van der Waals surface area (Å²) in [6.07, 6.45) is -4.62. The van der Waals surface area contributed by atoms with Crippen LogP contribution in [0.5, 0.6) is 0 Å². The van der Waals surface area contributed by atoms with E-state index in [1.807, 2.05) is 0 Å². The van der Waals surface area contributed by atoms with E-state index in [1.165, 1.54) is 0 Å². The molecule has 2 aromatic rings. The summed E-state index contributed by atoms with van der Waals surface area (Å²) in [6, 6.07) is 12.9. The van der Waals surface area contributed by atoms with Crippen LogP contribution in [-0.2, 0) is 17.8 Å². The minimum atomic E-state index is -4.44. The Morgan fingerprint density at radius 2 is 1.48 bits per heavy atom. The molecule has 0 saturated carbocycles. The summed E-state index contributed by atoms with van der Waals surface area (Å²) >= 11 is 5.79. The molecule has 0 spiro atoms. The number of alkyl halides is 3. The van der Waals surface area contributed by atoms with Crippen molar-refractivity contribution in [3.05, 3.63) is 64.7 Å². The molecule has 2 rings (SSSR count). The summed E-state index contributed by atoms with van der Waals surface area (Å²) in [4.78, 5) is 23.3. The van der Waals surface area contributed by atoms with Gasteiger partial charge in [-0.3, -0.25) is 4.79 Å². The normalized spacial score (nSPS) is 11.0. The van der Waals surface area contributed by atoms with Gasteiger partial charge in [-0.15, -0.1) is 0 Å². The molecule has 0 aromatic heterocycles. The minimum absolute atomic E-state index is 0.181. The predicted molar refractivity (Wildman–Crippen MR) is 96.5 cm³/mol. The summed E-state index contributed by atoms with van der Waals surface area (Å²) < 4.78 is 36.2. The van der Waals surface area contributed by atoms with E-state index in [-0.39, 0.29) is 6.42 Å². The molecular formula is C18H17ClF3N3O2. The van der Waals surface area contributed by atoms with Gasteiger partial charge in [0, 0.05) is 17.3 Å². The summed E-state index contributed by atoms with van der Waals surface area (Å²) in [5, 5.41) is 7.71. The molecular weight excluding hydrogens is 383 g/mol. The molecule has 0 unspecified atom stereocenters. The van der Waals surface area contributed by atoms with Crippen LogP contribution in [-0.4, -0.2) is 24.7 Å². The van der Waals surface area contributed by atoms with Crippen molar-refractivity contribution >= 4 is 29.2 Å². The van der Waals surface area contributed by atoms with Crippen molar-refractivity contribution in [3.63, 3.8) is 0 Å². The molecule has 0 fully saturated rings. The van der Waals surface area contributed by atoms with Gasteiger partial charge in [0.1, 0.15) is 6.54 Å². The Kier molecular flexibility index (Phi) is 7.06. The molecule has 0 saturated heterocycles. The molecule has 0 heterocycles. The molecule has 0 aliphatic heterocycles. The molecule has 2 aromatic carbocycles. The highest BCUT2D eigenvalue weighted by molar-refractivity contribution is 6.30. The lowest BCUT2D eigenvalue weighted by molar-refractivity contribution is -0.138. The molecule has 0 radical (unpaired) electrons. The average Bonchev–Trinajstić information content (AvgIpc) is 2.61. The topological polar surface area (TPSA) is 70.2 Å². The van der Waals surface area contributed by atoms with E-state index in [0.29, 0.717) is 22.8 Å². The first-order chi connectivity index (χ1) is 12.7. The molecule has 27 heavy (non-hydrogen) atoms. The Morgan fingerprint density at radius 3 is 2.07 bits per heavy atom. The van der Waals surface area contributed by atoms with Crippen LogP contribution in [0.3, 0.4) is 0 Å². The second-order valence-corrected chi connectivity index (χ2v) is 6.14. The van der Waals surface area contributed by atoms with Gasteiger partial charge in [0.2, 0.25) is 5.91 Å². The van der Waals surface area contributed by atoms with Crippen LogP contribution in [0.15, 0.2) is 48.5 Å². The highest BCUT2D eigenvalue weighted by atomic mass is 35.5. The number of halogens is 4. The van der Waals surface area contributed by atoms with E-state index in [0.717, 1.165) is 5.56 Å². The molecule has 3 N–H and O–H groups in total. The van der Waals surface area contributed by atoms with Crippen molar-refractivity contribution in [1.82, 2.24) is 10.6 Å². The van der Waals surface area contributed by atoms with Gasteiger partial charge >= 0.3 is 12.2 Å². The fourth-order valence-corrected chi connectivity index (χ4v) is 2.24. The first-order valence-electron chi connectivity index (χ1n) is 7.93. The molecule has 0 aliphatic rings. The zero-order valence-electron chi connectivity index (χ0n) is 14.1. The van der Waals surface area contributed by atoms with Crippen LogP contribution in [0.2, 0.25) is 5.02 Å². The maximum Gasteiger partial charge on any atom is 0.405 e. The summed E-state index contributed by atoms with van der Waals surface area (Å²) in [5.74, 6) is -0.728. The van der Waals surface area contributed by atoms with Gasteiger partial charge < -0.3 is 16.0 Å². The number of amides is 3. The van der Waals surface area contributed by atoms with Crippen LogP contribution in [0.4, 0.5) is 23.7 Å². The molecule has 9 heteroatoms. The first-order valence-corrected chi connectivity index (χ1v) is 8.31. The highest BCUT2D eigenvalue weighted by Crippen LogP contribution is 2.13. The van der Waals surface area contributed by atoms with Crippen molar-refractivity contribution in [3.8, 4) is 0 Å². The molecule has 5 nitrogen and oxygen atoms in total. The number of rotatable bonds is 6. The molecule has 0 aliphatic carbocycles. The van der Waals surface area contributed by atoms with E-state index < -0.39 is 24.7 Å². The Hall–Kier alpha value is -2.74. The van der Waals surface area contributed by atoms with Crippen LogP contribution < -0.4 is 16.0 Å². The number of carbonyl (C=O) groups excluding carboxylic acids is 2. The number of nitrogens with one attached hydrogen (secondary N) is 3. The van der Waals surface area contributed by atoms with Crippen LogP contribution in [0.25, 0.3) is 0 Å². The van der Waals surface area contributed by atoms with Gasteiger partial charge in [0.05, 0.1) is 6.42 Å². The van der Waals surface area contributed by atoms with Gasteiger partial charge in [-0.2, -0.15) is 13.2 Å². The highest BCUT2D eigenvalue weighted by Gasteiger charge is 2.27. The maximum atomic E-state index is 12.1. The van der Waals surface area contributed by atoms with Crippen molar-refractivity contribution in [1.29, 1.82) is 0 Å². The smallest absolute Gasteiger partial charge is 0.347 e. The van der Waals surface area contributed by atoms with Crippen molar-refractivity contribution in [2.45, 2.75) is 19.1 Å². The number of hydrogen-bond donors (Lipinski definition) is 3. The largest absolute Gasteiger partial charge is 0.405 e. The monoisotopic (exact) mass is 399 g/mol. The summed E-state index contributed by atoms with van der Waals surface area (Å²) in [7, 11) is 0. The van der Waals surface area contributed by atoms with Crippen molar-refractivity contribution in [2.24, 2.45) is 0 Å². The summed E-state index contributed by atoms with van der Waals surface area (Å²) in [5.41, 5.74) is 1.90.